The number of benzene rings is 1. The van der Waals surface area contributed by atoms with Crippen molar-refractivity contribution < 1.29 is 4.79 Å². The second kappa shape index (κ2) is 7.92. The van der Waals surface area contributed by atoms with E-state index in [1.165, 1.54) is 11.8 Å². The van der Waals surface area contributed by atoms with Gasteiger partial charge in [-0.25, -0.2) is 4.98 Å². The number of carbonyl (C=O) groups excluding carboxylic acids is 1. The molecule has 2 aromatic rings. The molecule has 0 bridgehead atoms. The topological polar surface area (TPSA) is 52.0 Å². The van der Waals surface area contributed by atoms with Crippen molar-refractivity contribution in [2.24, 2.45) is 5.92 Å². The molecule has 0 aliphatic heterocycles. The molecule has 1 fully saturated rings. The highest BCUT2D eigenvalue weighted by Gasteiger charge is 2.25. The number of carbonyl (C=O) groups is 1. The Morgan fingerprint density at radius 1 is 1.32 bits per heavy atom. The molecule has 4 nitrogen and oxygen atoms in total. The number of ketones is 1. The number of Topliss-reactive ketones (excluding diaryl/α,β-unsaturated/α-hetero) is 1. The first-order valence-corrected chi connectivity index (χ1v) is 10.1. The number of fused-ring (bicyclic) bond motifs is 1. The molecule has 0 N–H and O–H groups in total. The predicted molar refractivity (Wildman–Crippen MR) is 104 cm³/mol. The summed E-state index contributed by atoms with van der Waals surface area (Å²) in [7, 11) is 0. The highest BCUT2D eigenvalue weighted by molar-refractivity contribution is 8.00. The average Bonchev–Trinajstić information content (AvgIpc) is 2.56. The number of aromatic nitrogens is 2. The van der Waals surface area contributed by atoms with Crippen molar-refractivity contribution in [2.45, 2.75) is 62.9 Å². The maximum Gasteiger partial charge on any atom is 0.262 e. The Morgan fingerprint density at radius 3 is 2.84 bits per heavy atom. The summed E-state index contributed by atoms with van der Waals surface area (Å²) in [4.78, 5) is 29.9. The van der Waals surface area contributed by atoms with Gasteiger partial charge in [-0.1, -0.05) is 43.6 Å². The van der Waals surface area contributed by atoms with Gasteiger partial charge >= 0.3 is 0 Å². The largest absolute Gasteiger partial charge is 0.298 e. The van der Waals surface area contributed by atoms with E-state index in [1.54, 1.807) is 22.8 Å². The SMILES string of the molecule is CC(C)CCn1c(S[C@H]2CCCCC2=O)nc2cc(Cl)ccc2c1=O. The molecule has 0 saturated heterocycles. The third kappa shape index (κ3) is 4.26. The van der Waals surface area contributed by atoms with Gasteiger partial charge in [0.15, 0.2) is 5.16 Å². The van der Waals surface area contributed by atoms with Crippen LogP contribution in [-0.4, -0.2) is 20.6 Å². The lowest BCUT2D eigenvalue weighted by Gasteiger charge is -2.21. The molecular weight excluding hydrogens is 356 g/mol. The van der Waals surface area contributed by atoms with Gasteiger partial charge in [-0.2, -0.15) is 0 Å². The summed E-state index contributed by atoms with van der Waals surface area (Å²) in [6.45, 7) is 4.89. The van der Waals surface area contributed by atoms with Gasteiger partial charge in [0, 0.05) is 18.0 Å². The van der Waals surface area contributed by atoms with Crippen LogP contribution in [0.1, 0.15) is 46.0 Å². The van der Waals surface area contributed by atoms with Crippen molar-refractivity contribution in [1.29, 1.82) is 0 Å². The van der Waals surface area contributed by atoms with Gasteiger partial charge in [-0.3, -0.25) is 14.2 Å². The van der Waals surface area contributed by atoms with Crippen molar-refractivity contribution in [3.8, 4) is 0 Å². The second-order valence-electron chi connectivity index (χ2n) is 7.01. The number of halogens is 1. The van der Waals surface area contributed by atoms with Crippen LogP contribution in [0, 0.1) is 5.92 Å². The summed E-state index contributed by atoms with van der Waals surface area (Å²) in [5, 5.41) is 1.68. The first kappa shape index (κ1) is 18.5. The Labute approximate surface area is 157 Å². The summed E-state index contributed by atoms with van der Waals surface area (Å²) in [5.74, 6) is 0.758. The Morgan fingerprint density at radius 2 is 2.12 bits per heavy atom. The van der Waals surface area contributed by atoms with E-state index in [0.29, 0.717) is 40.0 Å². The van der Waals surface area contributed by atoms with Crippen LogP contribution < -0.4 is 5.56 Å². The van der Waals surface area contributed by atoms with Crippen LogP contribution in [0.2, 0.25) is 5.02 Å². The lowest BCUT2D eigenvalue weighted by molar-refractivity contribution is -0.119. The Kier molecular flexibility index (Phi) is 5.85. The quantitative estimate of drug-likeness (QED) is 0.707. The fraction of sp³-hybridized carbons (Fsp3) is 0.526. The summed E-state index contributed by atoms with van der Waals surface area (Å²) in [5.41, 5.74) is 0.553. The van der Waals surface area contributed by atoms with Gasteiger partial charge in [0.25, 0.3) is 5.56 Å². The van der Waals surface area contributed by atoms with Gasteiger partial charge in [-0.15, -0.1) is 0 Å². The van der Waals surface area contributed by atoms with Crippen molar-refractivity contribution in [3.05, 3.63) is 33.6 Å². The fourth-order valence-electron chi connectivity index (χ4n) is 3.05. The van der Waals surface area contributed by atoms with Crippen LogP contribution in [-0.2, 0) is 11.3 Å². The summed E-state index contributed by atoms with van der Waals surface area (Å²) in [6, 6.07) is 5.17. The number of hydrogen-bond acceptors (Lipinski definition) is 4. The van der Waals surface area contributed by atoms with Gasteiger partial charge < -0.3 is 0 Å². The van der Waals surface area contributed by atoms with Crippen molar-refractivity contribution in [1.82, 2.24) is 9.55 Å². The summed E-state index contributed by atoms with van der Waals surface area (Å²) >= 11 is 7.52. The number of thioether (sulfide) groups is 1. The second-order valence-corrected chi connectivity index (χ2v) is 8.62. The van der Waals surface area contributed by atoms with Crippen molar-refractivity contribution in [3.63, 3.8) is 0 Å². The molecule has 0 unspecified atom stereocenters. The van der Waals surface area contributed by atoms with E-state index in [4.69, 9.17) is 16.6 Å². The minimum atomic E-state index is -0.0948. The molecule has 134 valence electrons. The molecule has 1 aliphatic carbocycles. The molecule has 0 amide bonds. The lowest BCUT2D eigenvalue weighted by atomic mass is 9.99. The molecule has 1 heterocycles. The molecule has 0 spiro atoms. The maximum absolute atomic E-state index is 13.0. The van der Waals surface area contributed by atoms with Crippen molar-refractivity contribution >= 4 is 40.0 Å². The molecule has 1 aromatic heterocycles. The first-order chi connectivity index (χ1) is 12.0. The van der Waals surface area contributed by atoms with Gasteiger partial charge in [0.2, 0.25) is 0 Å². The van der Waals surface area contributed by atoms with Gasteiger partial charge in [-0.05, 0) is 43.4 Å². The monoisotopic (exact) mass is 378 g/mol. The Balaban J connectivity index is 2.04. The Hall–Kier alpha value is -1.33. The van der Waals surface area contributed by atoms with E-state index in [0.717, 1.165) is 25.7 Å². The third-order valence-electron chi connectivity index (χ3n) is 4.56. The molecule has 1 atom stereocenters. The molecule has 6 heteroatoms. The minimum absolute atomic E-state index is 0.0481. The number of rotatable bonds is 5. The van der Waals surface area contributed by atoms with E-state index in [-0.39, 0.29) is 16.6 Å². The molecule has 25 heavy (non-hydrogen) atoms. The highest BCUT2D eigenvalue weighted by Crippen LogP contribution is 2.31. The fourth-order valence-corrected chi connectivity index (χ4v) is 4.46. The number of hydrogen-bond donors (Lipinski definition) is 0. The Bertz CT molecular complexity index is 847. The van der Waals surface area contributed by atoms with Crippen LogP contribution in [0.4, 0.5) is 0 Å². The van der Waals surface area contributed by atoms with Crippen LogP contribution in [0.25, 0.3) is 10.9 Å². The van der Waals surface area contributed by atoms with Crippen molar-refractivity contribution in [2.75, 3.05) is 0 Å². The predicted octanol–water partition coefficient (Wildman–Crippen LogP) is 4.70. The zero-order valence-electron chi connectivity index (χ0n) is 14.6. The summed E-state index contributed by atoms with van der Waals surface area (Å²) in [6.07, 6.45) is 4.41. The number of nitrogens with zero attached hydrogens (tertiary/aromatic N) is 2. The van der Waals surface area contributed by atoms with Gasteiger partial charge in [0.1, 0.15) is 5.78 Å². The standard InChI is InChI=1S/C19H23ClN2O2S/c1-12(2)9-10-22-18(24)14-8-7-13(20)11-15(14)21-19(22)25-17-6-4-3-5-16(17)23/h7-8,11-12,17H,3-6,9-10H2,1-2H3/t17-/m0/s1. The van der Waals surface area contributed by atoms with E-state index >= 15 is 0 Å². The summed E-state index contributed by atoms with van der Waals surface area (Å²) < 4.78 is 1.74. The lowest BCUT2D eigenvalue weighted by Crippen LogP contribution is -2.27. The molecular formula is C19H23ClN2O2S. The third-order valence-corrected chi connectivity index (χ3v) is 6.10. The highest BCUT2D eigenvalue weighted by atomic mass is 35.5. The zero-order chi connectivity index (χ0) is 18.0. The van der Waals surface area contributed by atoms with E-state index < -0.39 is 0 Å². The van der Waals surface area contributed by atoms with Gasteiger partial charge in [0.05, 0.1) is 16.2 Å². The molecule has 0 radical (unpaired) electrons. The smallest absolute Gasteiger partial charge is 0.262 e. The first-order valence-electron chi connectivity index (χ1n) is 8.85. The molecule has 1 saturated carbocycles. The maximum atomic E-state index is 13.0. The van der Waals surface area contributed by atoms with E-state index in [1.807, 2.05) is 0 Å². The van der Waals surface area contributed by atoms with Crippen LogP contribution in [0.5, 0.6) is 0 Å². The molecule has 1 aromatic carbocycles. The van der Waals surface area contributed by atoms with Crippen LogP contribution in [0.15, 0.2) is 28.2 Å². The zero-order valence-corrected chi connectivity index (χ0v) is 16.2. The van der Waals surface area contributed by atoms with E-state index in [9.17, 15) is 9.59 Å². The van der Waals surface area contributed by atoms with Crippen LogP contribution >= 0.6 is 23.4 Å². The molecule has 1 aliphatic rings. The normalized spacial score (nSPS) is 18.2. The minimum Gasteiger partial charge on any atom is -0.298 e. The van der Waals surface area contributed by atoms with E-state index in [2.05, 4.69) is 13.8 Å². The molecule has 3 rings (SSSR count). The average molecular weight is 379 g/mol. The van der Waals surface area contributed by atoms with Crippen LogP contribution in [0.3, 0.4) is 0 Å².